The number of benzene rings is 1. The van der Waals surface area contributed by atoms with Gasteiger partial charge in [0.15, 0.2) is 0 Å². The molecule has 1 aromatic carbocycles. The summed E-state index contributed by atoms with van der Waals surface area (Å²) in [5, 5.41) is 0.634. The predicted octanol–water partition coefficient (Wildman–Crippen LogP) is 1.55. The van der Waals surface area contributed by atoms with Gasteiger partial charge in [-0.15, -0.1) is 0 Å². The van der Waals surface area contributed by atoms with Gasteiger partial charge in [0.05, 0.1) is 6.10 Å². The van der Waals surface area contributed by atoms with Gasteiger partial charge in [-0.2, -0.15) is 4.31 Å². The highest BCUT2D eigenvalue weighted by Crippen LogP contribution is 2.29. The molecule has 2 heterocycles. The van der Waals surface area contributed by atoms with E-state index >= 15 is 0 Å². The molecule has 0 aliphatic carbocycles. The fraction of sp³-hybridized carbons (Fsp3) is 0.429. The van der Waals surface area contributed by atoms with E-state index in [1.54, 1.807) is 25.3 Å². The van der Waals surface area contributed by atoms with E-state index in [0.29, 0.717) is 24.2 Å². The standard InChI is InChI=1S/C14H19N3O3S/c1-20-11-3-2-6-17(9-11)21(18,19)14-8-16-13-5-4-10(15)7-12(13)14/h4-5,7-8,11,16H,2-3,6,9,15H2,1H3. The van der Waals surface area contributed by atoms with E-state index in [9.17, 15) is 8.42 Å². The average molecular weight is 309 g/mol. The number of hydrogen-bond donors (Lipinski definition) is 2. The number of anilines is 1. The first-order chi connectivity index (χ1) is 10.0. The molecule has 0 bridgehead atoms. The Labute approximate surface area is 123 Å². The summed E-state index contributed by atoms with van der Waals surface area (Å²) in [6.07, 6.45) is 3.20. The summed E-state index contributed by atoms with van der Waals surface area (Å²) in [7, 11) is -1.92. The van der Waals surface area contributed by atoms with Gasteiger partial charge in [0.2, 0.25) is 10.0 Å². The summed E-state index contributed by atoms with van der Waals surface area (Å²) >= 11 is 0. The van der Waals surface area contributed by atoms with Crippen molar-refractivity contribution in [2.75, 3.05) is 25.9 Å². The minimum Gasteiger partial charge on any atom is -0.399 e. The fourth-order valence-corrected chi connectivity index (χ4v) is 4.45. The molecule has 1 aromatic heterocycles. The molecule has 6 nitrogen and oxygen atoms in total. The van der Waals surface area contributed by atoms with Crippen LogP contribution in [0.25, 0.3) is 10.9 Å². The number of aromatic amines is 1. The Hall–Kier alpha value is -1.57. The summed E-state index contributed by atoms with van der Waals surface area (Å²) < 4.78 is 32.5. The number of nitrogens with one attached hydrogen (secondary N) is 1. The molecule has 2 aromatic rings. The van der Waals surface area contributed by atoms with Crippen LogP contribution in [-0.4, -0.2) is 44.0 Å². The molecule has 7 heteroatoms. The number of piperidine rings is 1. The first kappa shape index (κ1) is 14.4. The number of methoxy groups -OCH3 is 1. The van der Waals surface area contributed by atoms with Crippen LogP contribution in [0.1, 0.15) is 12.8 Å². The summed E-state index contributed by atoms with van der Waals surface area (Å²) in [4.78, 5) is 3.27. The molecule has 0 spiro atoms. The quantitative estimate of drug-likeness (QED) is 0.842. The third-order valence-electron chi connectivity index (χ3n) is 3.96. The molecule has 3 rings (SSSR count). The second kappa shape index (κ2) is 5.32. The molecular weight excluding hydrogens is 290 g/mol. The Kier molecular flexibility index (Phi) is 3.64. The number of nitrogens with two attached hydrogens (primary N) is 1. The molecule has 3 N–H and O–H groups in total. The monoisotopic (exact) mass is 309 g/mol. The largest absolute Gasteiger partial charge is 0.399 e. The van der Waals surface area contributed by atoms with Crippen LogP contribution in [0, 0.1) is 0 Å². The van der Waals surface area contributed by atoms with Gasteiger partial charge in [-0.1, -0.05) is 0 Å². The van der Waals surface area contributed by atoms with Crippen LogP contribution in [0.15, 0.2) is 29.3 Å². The Morgan fingerprint density at radius 1 is 1.43 bits per heavy atom. The maximum absolute atomic E-state index is 12.8. The van der Waals surface area contributed by atoms with E-state index in [-0.39, 0.29) is 11.0 Å². The smallest absolute Gasteiger partial charge is 0.245 e. The van der Waals surface area contributed by atoms with Crippen molar-refractivity contribution in [1.82, 2.24) is 9.29 Å². The van der Waals surface area contributed by atoms with Crippen molar-refractivity contribution in [3.8, 4) is 0 Å². The van der Waals surface area contributed by atoms with E-state index in [0.717, 1.165) is 18.4 Å². The predicted molar refractivity (Wildman–Crippen MR) is 81.5 cm³/mol. The van der Waals surface area contributed by atoms with Crippen molar-refractivity contribution >= 4 is 26.6 Å². The highest BCUT2D eigenvalue weighted by Gasteiger charge is 2.31. The number of rotatable bonds is 3. The topological polar surface area (TPSA) is 88.4 Å². The second-order valence-electron chi connectivity index (χ2n) is 5.32. The van der Waals surface area contributed by atoms with Crippen molar-refractivity contribution in [3.63, 3.8) is 0 Å². The van der Waals surface area contributed by atoms with Gasteiger partial charge in [0.25, 0.3) is 0 Å². The highest BCUT2D eigenvalue weighted by atomic mass is 32.2. The molecule has 1 aliphatic rings. The van der Waals surface area contributed by atoms with Crippen molar-refractivity contribution in [1.29, 1.82) is 0 Å². The van der Waals surface area contributed by atoms with Gasteiger partial charge in [-0.05, 0) is 31.0 Å². The van der Waals surface area contributed by atoms with Crippen molar-refractivity contribution in [3.05, 3.63) is 24.4 Å². The Morgan fingerprint density at radius 2 is 2.24 bits per heavy atom. The van der Waals surface area contributed by atoms with Crippen LogP contribution in [0.5, 0.6) is 0 Å². The molecule has 1 atom stereocenters. The lowest BCUT2D eigenvalue weighted by Gasteiger charge is -2.30. The Morgan fingerprint density at radius 3 is 3.00 bits per heavy atom. The molecule has 0 saturated carbocycles. The van der Waals surface area contributed by atoms with Gasteiger partial charge < -0.3 is 15.5 Å². The number of nitrogen functional groups attached to an aromatic ring is 1. The minimum atomic E-state index is -3.54. The maximum Gasteiger partial charge on any atom is 0.245 e. The number of nitrogens with zero attached hydrogens (tertiary/aromatic N) is 1. The van der Waals surface area contributed by atoms with Gasteiger partial charge in [-0.25, -0.2) is 8.42 Å². The lowest BCUT2D eigenvalue weighted by Crippen LogP contribution is -2.42. The number of H-pyrrole nitrogens is 1. The Bertz CT molecular complexity index is 754. The SMILES string of the molecule is COC1CCCN(S(=O)(=O)c2c[nH]c3ccc(N)cc23)C1. The number of aromatic nitrogens is 1. The number of ether oxygens (including phenoxy) is 1. The zero-order chi connectivity index (χ0) is 15.0. The van der Waals surface area contributed by atoms with Crippen LogP contribution >= 0.6 is 0 Å². The summed E-state index contributed by atoms with van der Waals surface area (Å²) in [5.74, 6) is 0. The maximum atomic E-state index is 12.8. The average Bonchev–Trinajstić information content (AvgIpc) is 2.91. The van der Waals surface area contributed by atoms with Crippen molar-refractivity contribution in [2.45, 2.75) is 23.8 Å². The third-order valence-corrected chi connectivity index (χ3v) is 5.86. The van der Waals surface area contributed by atoms with Crippen LogP contribution < -0.4 is 5.73 Å². The molecule has 1 unspecified atom stereocenters. The first-order valence-electron chi connectivity index (χ1n) is 6.92. The van der Waals surface area contributed by atoms with Crippen molar-refractivity contribution in [2.24, 2.45) is 0 Å². The normalized spacial score (nSPS) is 20.9. The zero-order valence-corrected chi connectivity index (χ0v) is 12.7. The molecule has 0 amide bonds. The lowest BCUT2D eigenvalue weighted by atomic mass is 10.1. The fourth-order valence-electron chi connectivity index (χ4n) is 2.78. The van der Waals surface area contributed by atoms with Crippen LogP contribution in [-0.2, 0) is 14.8 Å². The highest BCUT2D eigenvalue weighted by molar-refractivity contribution is 7.89. The number of sulfonamides is 1. The molecular formula is C14H19N3O3S. The van der Waals surface area contributed by atoms with E-state index < -0.39 is 10.0 Å². The third kappa shape index (κ3) is 2.52. The van der Waals surface area contributed by atoms with E-state index in [1.165, 1.54) is 10.5 Å². The van der Waals surface area contributed by atoms with Crippen molar-refractivity contribution < 1.29 is 13.2 Å². The van der Waals surface area contributed by atoms with E-state index in [2.05, 4.69) is 4.98 Å². The van der Waals surface area contributed by atoms with E-state index in [4.69, 9.17) is 10.5 Å². The molecule has 1 aliphatic heterocycles. The number of fused-ring (bicyclic) bond motifs is 1. The van der Waals surface area contributed by atoms with Crippen LogP contribution in [0.3, 0.4) is 0 Å². The summed E-state index contributed by atoms with van der Waals surface area (Å²) in [6.45, 7) is 0.922. The molecule has 21 heavy (non-hydrogen) atoms. The minimum absolute atomic E-state index is 0.0381. The molecule has 114 valence electrons. The Balaban J connectivity index is 2.02. The summed E-state index contributed by atoms with van der Waals surface area (Å²) in [6, 6.07) is 5.23. The van der Waals surface area contributed by atoms with Gasteiger partial charge in [-0.3, -0.25) is 0 Å². The van der Waals surface area contributed by atoms with Gasteiger partial charge >= 0.3 is 0 Å². The lowest BCUT2D eigenvalue weighted by molar-refractivity contribution is 0.0572. The van der Waals surface area contributed by atoms with E-state index in [1.807, 2.05) is 0 Å². The van der Waals surface area contributed by atoms with Gasteiger partial charge in [0.1, 0.15) is 4.90 Å². The first-order valence-corrected chi connectivity index (χ1v) is 8.36. The second-order valence-corrected chi connectivity index (χ2v) is 7.23. The summed E-state index contributed by atoms with van der Waals surface area (Å²) in [5.41, 5.74) is 7.09. The van der Waals surface area contributed by atoms with Gasteiger partial charge in [0, 0.05) is 43.0 Å². The molecule has 1 fully saturated rings. The molecule has 1 saturated heterocycles. The number of hydrogen-bond acceptors (Lipinski definition) is 4. The van der Waals surface area contributed by atoms with Crippen LogP contribution in [0.4, 0.5) is 5.69 Å². The van der Waals surface area contributed by atoms with Crippen LogP contribution in [0.2, 0.25) is 0 Å². The molecule has 0 radical (unpaired) electrons. The zero-order valence-electron chi connectivity index (χ0n) is 11.9.